The molecule has 0 aliphatic rings. The number of rotatable bonds is 9. The highest BCUT2D eigenvalue weighted by atomic mass is 19.1. The summed E-state index contributed by atoms with van der Waals surface area (Å²) in [6, 6.07) is 2.65. The predicted molar refractivity (Wildman–Crippen MR) is 74.8 cm³/mol. The van der Waals surface area contributed by atoms with E-state index in [1.807, 2.05) is 13.8 Å². The Morgan fingerprint density at radius 3 is 2.45 bits per heavy atom. The molecule has 0 radical (unpaired) electrons. The molecule has 114 valence electrons. The third-order valence-corrected chi connectivity index (χ3v) is 2.34. The molecule has 0 aliphatic carbocycles. The summed E-state index contributed by atoms with van der Waals surface area (Å²) in [4.78, 5) is 0. The summed E-state index contributed by atoms with van der Waals surface area (Å²) in [5, 5.41) is 0. The second-order valence-electron chi connectivity index (χ2n) is 4.44. The van der Waals surface area contributed by atoms with Crippen molar-refractivity contribution < 1.29 is 23.3 Å². The Labute approximate surface area is 118 Å². The maximum Gasteiger partial charge on any atom is 0.167 e. The van der Waals surface area contributed by atoms with Gasteiger partial charge in [0, 0.05) is 19.2 Å². The standard InChI is InChI=1S/C14H22FNO4/c1-10(2)20-13-9-14(12(16)8-11(13)15)19-7-6-18-5-4-17-3/h8-10H,4-7,16H2,1-3H3. The molecule has 20 heavy (non-hydrogen) atoms. The Kier molecular flexibility index (Phi) is 7.11. The normalized spacial score (nSPS) is 10.8. The fourth-order valence-corrected chi connectivity index (χ4v) is 1.47. The van der Waals surface area contributed by atoms with Gasteiger partial charge in [0.05, 0.1) is 31.6 Å². The lowest BCUT2D eigenvalue weighted by atomic mass is 10.2. The van der Waals surface area contributed by atoms with Gasteiger partial charge in [0.25, 0.3) is 0 Å². The van der Waals surface area contributed by atoms with Crippen LogP contribution in [0, 0.1) is 5.82 Å². The molecule has 6 heteroatoms. The zero-order valence-corrected chi connectivity index (χ0v) is 12.1. The van der Waals surface area contributed by atoms with Crippen molar-refractivity contribution in [1.82, 2.24) is 0 Å². The molecule has 5 nitrogen and oxygen atoms in total. The maximum absolute atomic E-state index is 13.6. The average molecular weight is 287 g/mol. The van der Waals surface area contributed by atoms with E-state index < -0.39 is 5.82 Å². The highest BCUT2D eigenvalue weighted by molar-refractivity contribution is 5.56. The van der Waals surface area contributed by atoms with Crippen LogP contribution in [0.2, 0.25) is 0 Å². The van der Waals surface area contributed by atoms with E-state index in [2.05, 4.69) is 0 Å². The van der Waals surface area contributed by atoms with Crippen LogP contribution in [0.25, 0.3) is 0 Å². The van der Waals surface area contributed by atoms with Gasteiger partial charge in [-0.2, -0.15) is 0 Å². The first-order valence-electron chi connectivity index (χ1n) is 6.49. The summed E-state index contributed by atoms with van der Waals surface area (Å²) >= 11 is 0. The molecule has 0 fully saturated rings. The van der Waals surface area contributed by atoms with Crippen molar-refractivity contribution in [3.8, 4) is 11.5 Å². The number of nitrogen functional groups attached to an aromatic ring is 1. The quantitative estimate of drug-likeness (QED) is 0.557. The van der Waals surface area contributed by atoms with Gasteiger partial charge in [-0.3, -0.25) is 0 Å². The number of nitrogens with two attached hydrogens (primary N) is 1. The van der Waals surface area contributed by atoms with E-state index >= 15 is 0 Å². The van der Waals surface area contributed by atoms with E-state index in [0.717, 1.165) is 0 Å². The second kappa shape index (κ2) is 8.60. The van der Waals surface area contributed by atoms with Gasteiger partial charge in [0.15, 0.2) is 11.6 Å². The molecule has 0 saturated heterocycles. The molecule has 0 aromatic heterocycles. The minimum atomic E-state index is -0.500. The summed E-state index contributed by atoms with van der Waals surface area (Å²) < 4.78 is 34.5. The van der Waals surface area contributed by atoms with Crippen LogP contribution >= 0.6 is 0 Å². The molecule has 0 amide bonds. The number of ether oxygens (including phenoxy) is 4. The highest BCUT2D eigenvalue weighted by Gasteiger charge is 2.11. The van der Waals surface area contributed by atoms with Crippen molar-refractivity contribution in [2.45, 2.75) is 20.0 Å². The summed E-state index contributed by atoms with van der Waals surface area (Å²) in [7, 11) is 1.61. The zero-order valence-electron chi connectivity index (χ0n) is 12.1. The Balaban J connectivity index is 2.52. The van der Waals surface area contributed by atoms with Crippen molar-refractivity contribution in [2.24, 2.45) is 0 Å². The van der Waals surface area contributed by atoms with Crippen LogP contribution in [0.5, 0.6) is 11.5 Å². The summed E-state index contributed by atoms with van der Waals surface area (Å²) in [5.41, 5.74) is 5.93. The van der Waals surface area contributed by atoms with Crippen LogP contribution in [0.1, 0.15) is 13.8 Å². The Bertz CT molecular complexity index is 412. The lowest BCUT2D eigenvalue weighted by Gasteiger charge is -2.14. The van der Waals surface area contributed by atoms with Crippen LogP contribution in [0.3, 0.4) is 0 Å². The van der Waals surface area contributed by atoms with Crippen molar-refractivity contribution in [3.63, 3.8) is 0 Å². The zero-order chi connectivity index (χ0) is 15.0. The minimum Gasteiger partial charge on any atom is -0.489 e. The summed E-state index contributed by atoms with van der Waals surface area (Å²) in [5.74, 6) is 0.0155. The third-order valence-electron chi connectivity index (χ3n) is 2.34. The van der Waals surface area contributed by atoms with Crippen molar-refractivity contribution in [1.29, 1.82) is 0 Å². The maximum atomic E-state index is 13.6. The molecular formula is C14H22FNO4. The van der Waals surface area contributed by atoms with Crippen molar-refractivity contribution >= 4 is 5.69 Å². The van der Waals surface area contributed by atoms with E-state index in [9.17, 15) is 4.39 Å². The fourth-order valence-electron chi connectivity index (χ4n) is 1.47. The van der Waals surface area contributed by atoms with Gasteiger partial charge < -0.3 is 24.7 Å². The molecule has 1 aromatic carbocycles. The van der Waals surface area contributed by atoms with Gasteiger partial charge in [0.2, 0.25) is 0 Å². The topological polar surface area (TPSA) is 62.9 Å². The Morgan fingerprint density at radius 2 is 1.80 bits per heavy atom. The summed E-state index contributed by atoms with van der Waals surface area (Å²) in [6.45, 7) is 5.40. The molecule has 1 aromatic rings. The minimum absolute atomic E-state index is 0.127. The molecule has 0 heterocycles. The summed E-state index contributed by atoms with van der Waals surface area (Å²) in [6.07, 6.45) is -0.127. The first kappa shape index (κ1) is 16.5. The molecule has 0 atom stereocenters. The lowest BCUT2D eigenvalue weighted by molar-refractivity contribution is 0.0545. The van der Waals surface area contributed by atoms with E-state index in [1.54, 1.807) is 7.11 Å². The van der Waals surface area contributed by atoms with Gasteiger partial charge in [-0.1, -0.05) is 0 Å². The number of hydrogen-bond acceptors (Lipinski definition) is 5. The number of benzene rings is 1. The number of halogens is 1. The number of methoxy groups -OCH3 is 1. The van der Waals surface area contributed by atoms with Crippen LogP contribution in [0.15, 0.2) is 12.1 Å². The fraction of sp³-hybridized carbons (Fsp3) is 0.571. The number of hydrogen-bond donors (Lipinski definition) is 1. The molecule has 0 aliphatic heterocycles. The Hall–Kier alpha value is -1.53. The van der Waals surface area contributed by atoms with E-state index in [4.69, 9.17) is 24.7 Å². The first-order chi connectivity index (χ1) is 9.54. The average Bonchev–Trinajstić information content (AvgIpc) is 2.38. The van der Waals surface area contributed by atoms with Gasteiger partial charge in [-0.15, -0.1) is 0 Å². The SMILES string of the molecule is COCCOCCOc1cc(OC(C)C)c(F)cc1N. The molecule has 0 bridgehead atoms. The van der Waals surface area contributed by atoms with E-state index in [0.29, 0.717) is 32.2 Å². The second-order valence-corrected chi connectivity index (χ2v) is 4.44. The van der Waals surface area contributed by atoms with Crippen LogP contribution in [0.4, 0.5) is 10.1 Å². The van der Waals surface area contributed by atoms with E-state index in [-0.39, 0.29) is 17.5 Å². The molecule has 0 spiro atoms. The molecular weight excluding hydrogens is 265 g/mol. The third kappa shape index (κ3) is 5.63. The van der Waals surface area contributed by atoms with Crippen LogP contribution < -0.4 is 15.2 Å². The monoisotopic (exact) mass is 287 g/mol. The largest absolute Gasteiger partial charge is 0.489 e. The predicted octanol–water partition coefficient (Wildman–Crippen LogP) is 2.24. The molecule has 1 rings (SSSR count). The first-order valence-corrected chi connectivity index (χ1v) is 6.49. The van der Waals surface area contributed by atoms with Crippen molar-refractivity contribution in [2.75, 3.05) is 39.3 Å². The molecule has 0 unspecified atom stereocenters. The van der Waals surface area contributed by atoms with Crippen LogP contribution in [-0.4, -0.2) is 39.6 Å². The van der Waals surface area contributed by atoms with E-state index in [1.165, 1.54) is 12.1 Å². The Morgan fingerprint density at radius 1 is 1.10 bits per heavy atom. The molecule has 2 N–H and O–H groups in total. The van der Waals surface area contributed by atoms with Crippen LogP contribution in [-0.2, 0) is 9.47 Å². The van der Waals surface area contributed by atoms with Gasteiger partial charge in [0.1, 0.15) is 12.4 Å². The van der Waals surface area contributed by atoms with Gasteiger partial charge in [-0.25, -0.2) is 4.39 Å². The van der Waals surface area contributed by atoms with Gasteiger partial charge in [-0.05, 0) is 13.8 Å². The number of anilines is 1. The van der Waals surface area contributed by atoms with Crippen molar-refractivity contribution in [3.05, 3.63) is 17.9 Å². The smallest absolute Gasteiger partial charge is 0.167 e. The van der Waals surface area contributed by atoms with Gasteiger partial charge >= 0.3 is 0 Å². The highest BCUT2D eigenvalue weighted by Crippen LogP contribution is 2.30. The molecule has 0 saturated carbocycles. The lowest BCUT2D eigenvalue weighted by Crippen LogP contribution is -2.12.